The minimum absolute atomic E-state index is 0.105. The lowest BCUT2D eigenvalue weighted by atomic mass is 9.99. The highest BCUT2D eigenvalue weighted by Gasteiger charge is 2.29. The molecule has 3 rings (SSSR count). The van der Waals surface area contributed by atoms with Crippen molar-refractivity contribution in [3.05, 3.63) is 29.8 Å². The summed E-state index contributed by atoms with van der Waals surface area (Å²) >= 11 is 1.38. The van der Waals surface area contributed by atoms with E-state index in [9.17, 15) is 14.4 Å². The van der Waals surface area contributed by atoms with Crippen molar-refractivity contribution in [3.8, 4) is 0 Å². The average molecular weight is 461 g/mol. The zero-order chi connectivity index (χ0) is 23.3. The Balaban J connectivity index is 1.60. The Labute approximate surface area is 196 Å². The first kappa shape index (κ1) is 24.6. The Morgan fingerprint density at radius 2 is 1.38 bits per heavy atom. The molecule has 0 unspecified atom stereocenters. The maximum absolute atomic E-state index is 12.9. The van der Waals surface area contributed by atoms with E-state index < -0.39 is 12.1 Å². The van der Waals surface area contributed by atoms with Crippen LogP contribution in [0.25, 0.3) is 0 Å². The van der Waals surface area contributed by atoms with Crippen molar-refractivity contribution in [2.45, 2.75) is 69.6 Å². The van der Waals surface area contributed by atoms with Crippen LogP contribution in [-0.2, 0) is 14.3 Å². The van der Waals surface area contributed by atoms with Gasteiger partial charge in [0, 0.05) is 31.1 Å². The van der Waals surface area contributed by atoms with E-state index in [2.05, 4.69) is 13.8 Å². The van der Waals surface area contributed by atoms with Crippen molar-refractivity contribution in [3.63, 3.8) is 0 Å². The molecule has 2 aliphatic heterocycles. The van der Waals surface area contributed by atoms with Gasteiger partial charge in [0.15, 0.2) is 6.10 Å². The van der Waals surface area contributed by atoms with E-state index in [0.29, 0.717) is 35.4 Å². The van der Waals surface area contributed by atoms with Gasteiger partial charge in [-0.05, 0) is 63.5 Å². The van der Waals surface area contributed by atoms with Gasteiger partial charge < -0.3 is 14.5 Å². The third-order valence-corrected chi connectivity index (χ3v) is 7.75. The van der Waals surface area contributed by atoms with Gasteiger partial charge in [0.2, 0.25) is 5.91 Å². The first-order valence-corrected chi connectivity index (χ1v) is 12.7. The number of carbonyl (C=O) groups excluding carboxylic acids is 3. The van der Waals surface area contributed by atoms with Crippen LogP contribution in [0, 0.1) is 11.8 Å². The zero-order valence-corrected chi connectivity index (χ0v) is 20.5. The predicted molar refractivity (Wildman–Crippen MR) is 127 cm³/mol. The molecule has 0 aliphatic carbocycles. The third-order valence-electron chi connectivity index (χ3n) is 6.58. The molecule has 0 bridgehead atoms. The first-order chi connectivity index (χ1) is 15.3. The van der Waals surface area contributed by atoms with Crippen LogP contribution in [0.2, 0.25) is 0 Å². The number of carbonyl (C=O) groups is 3. The molecule has 2 aliphatic rings. The molecule has 0 saturated carbocycles. The molecule has 1 aromatic rings. The molecule has 2 atom stereocenters. The fourth-order valence-corrected chi connectivity index (χ4v) is 5.29. The van der Waals surface area contributed by atoms with Gasteiger partial charge in [-0.2, -0.15) is 0 Å². The minimum Gasteiger partial charge on any atom is -0.449 e. The number of ether oxygens (including phenoxy) is 1. The molecule has 1 aromatic carbocycles. The summed E-state index contributed by atoms with van der Waals surface area (Å²) < 4.78 is 5.55. The summed E-state index contributed by atoms with van der Waals surface area (Å²) in [5, 5.41) is -0.299. The lowest BCUT2D eigenvalue weighted by Crippen LogP contribution is -2.44. The van der Waals surface area contributed by atoms with E-state index in [4.69, 9.17) is 4.74 Å². The van der Waals surface area contributed by atoms with Gasteiger partial charge in [-0.15, -0.1) is 11.8 Å². The molecule has 0 radical (unpaired) electrons. The second-order valence-corrected chi connectivity index (χ2v) is 10.7. The van der Waals surface area contributed by atoms with Crippen LogP contribution >= 0.6 is 11.8 Å². The molecule has 176 valence electrons. The first-order valence-electron chi connectivity index (χ1n) is 11.8. The van der Waals surface area contributed by atoms with E-state index in [-0.39, 0.29) is 17.1 Å². The molecular formula is C25H36N2O4S. The normalized spacial score (nSPS) is 20.0. The molecule has 0 N–H and O–H groups in total. The highest BCUT2D eigenvalue weighted by atomic mass is 32.2. The summed E-state index contributed by atoms with van der Waals surface area (Å²) in [5.41, 5.74) is 0.399. The van der Waals surface area contributed by atoms with Crippen molar-refractivity contribution >= 4 is 29.5 Å². The maximum atomic E-state index is 12.9. The van der Waals surface area contributed by atoms with Crippen LogP contribution in [0.3, 0.4) is 0 Å². The molecule has 2 heterocycles. The summed E-state index contributed by atoms with van der Waals surface area (Å²) in [7, 11) is 0. The van der Waals surface area contributed by atoms with Gasteiger partial charge in [0.1, 0.15) is 0 Å². The quantitative estimate of drug-likeness (QED) is 0.469. The smallest absolute Gasteiger partial charge is 0.340 e. The molecular weight excluding hydrogens is 424 g/mol. The fraction of sp³-hybridized carbons (Fsp3) is 0.640. The summed E-state index contributed by atoms with van der Waals surface area (Å²) in [6.45, 7) is 10.9. The van der Waals surface area contributed by atoms with E-state index in [1.807, 2.05) is 24.0 Å². The monoisotopic (exact) mass is 460 g/mol. The molecule has 2 amide bonds. The topological polar surface area (TPSA) is 66.9 Å². The standard InChI is InChI=1S/C25H36N2O4S/c1-17-9-13-26(14-10-17)23(28)19(3)31-25(30)21-7-5-6-8-22(21)32-20(4)24(29)27-15-11-18(2)12-16-27/h5-8,17-20H,9-16H2,1-4H3/t19-,20-/m1/s1. The van der Waals surface area contributed by atoms with Gasteiger partial charge in [0.05, 0.1) is 10.8 Å². The molecule has 6 nitrogen and oxygen atoms in total. The van der Waals surface area contributed by atoms with Crippen molar-refractivity contribution in [2.75, 3.05) is 26.2 Å². The number of nitrogens with zero attached hydrogens (tertiary/aromatic N) is 2. The SMILES string of the molecule is CC1CCN(C(=O)[C@@H](C)OC(=O)c2ccccc2S[C@H](C)C(=O)N2CCC(C)CC2)CC1. The lowest BCUT2D eigenvalue weighted by molar-refractivity contribution is -0.141. The van der Waals surface area contributed by atoms with Crippen molar-refractivity contribution in [1.29, 1.82) is 0 Å². The van der Waals surface area contributed by atoms with Gasteiger partial charge in [-0.1, -0.05) is 26.0 Å². The number of benzene rings is 1. The second-order valence-electron chi connectivity index (χ2n) is 9.32. The number of rotatable bonds is 6. The largest absolute Gasteiger partial charge is 0.449 e. The number of hydrogen-bond acceptors (Lipinski definition) is 5. The molecule has 2 saturated heterocycles. The van der Waals surface area contributed by atoms with Crippen LogP contribution < -0.4 is 0 Å². The second kappa shape index (κ2) is 11.2. The van der Waals surface area contributed by atoms with E-state index in [1.54, 1.807) is 24.0 Å². The van der Waals surface area contributed by atoms with Gasteiger partial charge in [0.25, 0.3) is 5.91 Å². The van der Waals surface area contributed by atoms with E-state index in [0.717, 1.165) is 38.8 Å². The van der Waals surface area contributed by atoms with Crippen LogP contribution in [0.1, 0.15) is 63.7 Å². The van der Waals surface area contributed by atoms with E-state index >= 15 is 0 Å². The maximum Gasteiger partial charge on any atom is 0.340 e. The fourth-order valence-electron chi connectivity index (χ4n) is 4.23. The van der Waals surface area contributed by atoms with Crippen LogP contribution in [-0.4, -0.2) is 65.1 Å². The molecule has 0 spiro atoms. The third kappa shape index (κ3) is 6.27. The Morgan fingerprint density at radius 1 is 0.875 bits per heavy atom. The number of hydrogen-bond donors (Lipinski definition) is 0. The number of piperidine rings is 2. The summed E-state index contributed by atoms with van der Waals surface area (Å²) in [5.74, 6) is 0.728. The van der Waals surface area contributed by atoms with Crippen molar-refractivity contribution in [1.82, 2.24) is 9.80 Å². The number of thioether (sulfide) groups is 1. The van der Waals surface area contributed by atoms with Crippen molar-refractivity contribution < 1.29 is 19.1 Å². The zero-order valence-electron chi connectivity index (χ0n) is 19.7. The summed E-state index contributed by atoms with van der Waals surface area (Å²) in [6.07, 6.45) is 3.20. The summed E-state index contributed by atoms with van der Waals surface area (Å²) in [6, 6.07) is 7.16. The number of likely N-dealkylation sites (tertiary alicyclic amines) is 2. The van der Waals surface area contributed by atoms with Crippen LogP contribution in [0.4, 0.5) is 0 Å². The molecule has 32 heavy (non-hydrogen) atoms. The Kier molecular flexibility index (Phi) is 8.63. The van der Waals surface area contributed by atoms with E-state index in [1.165, 1.54) is 11.8 Å². The molecule has 2 fully saturated rings. The highest BCUT2D eigenvalue weighted by molar-refractivity contribution is 8.00. The average Bonchev–Trinajstić information content (AvgIpc) is 2.79. The molecule has 7 heteroatoms. The summed E-state index contributed by atoms with van der Waals surface area (Å²) in [4.78, 5) is 42.9. The van der Waals surface area contributed by atoms with Gasteiger partial charge in [-0.25, -0.2) is 4.79 Å². The van der Waals surface area contributed by atoms with Gasteiger partial charge >= 0.3 is 5.97 Å². The molecule has 0 aromatic heterocycles. The van der Waals surface area contributed by atoms with Crippen LogP contribution in [0.15, 0.2) is 29.2 Å². The number of amides is 2. The van der Waals surface area contributed by atoms with Gasteiger partial charge in [-0.3, -0.25) is 9.59 Å². The predicted octanol–water partition coefficient (Wildman–Crippen LogP) is 4.23. The van der Waals surface area contributed by atoms with Crippen molar-refractivity contribution in [2.24, 2.45) is 11.8 Å². The number of esters is 1. The lowest BCUT2D eigenvalue weighted by Gasteiger charge is -2.32. The van der Waals surface area contributed by atoms with Crippen LogP contribution in [0.5, 0.6) is 0 Å². The minimum atomic E-state index is -0.830. The Bertz CT molecular complexity index is 814. The highest BCUT2D eigenvalue weighted by Crippen LogP contribution is 2.30. The Hall–Kier alpha value is -2.02. The Morgan fingerprint density at radius 3 is 1.94 bits per heavy atom.